The highest BCUT2D eigenvalue weighted by atomic mass is 16.6. The van der Waals surface area contributed by atoms with Crippen LogP contribution in [0.25, 0.3) is 0 Å². The molecular formula is C32H44O6. The molecule has 1 N–H and O–H groups in total. The summed E-state index contributed by atoms with van der Waals surface area (Å²) in [5, 5.41) is 8.98. The van der Waals surface area contributed by atoms with Gasteiger partial charge in [-0.15, -0.1) is 0 Å². The number of carboxylic acids is 1. The first kappa shape index (κ1) is 31.1. The van der Waals surface area contributed by atoms with Crippen LogP contribution in [0.2, 0.25) is 0 Å². The Kier molecular flexibility index (Phi) is 13.0. The Labute approximate surface area is 227 Å². The van der Waals surface area contributed by atoms with Crippen LogP contribution in [-0.2, 0) is 43.3 Å². The second-order valence-electron chi connectivity index (χ2n) is 11.0. The van der Waals surface area contributed by atoms with E-state index < -0.39 is 23.4 Å². The van der Waals surface area contributed by atoms with E-state index in [0.717, 1.165) is 24.0 Å². The first-order chi connectivity index (χ1) is 18.1. The number of carboxylic acid groups (broad SMARTS) is 1. The zero-order valence-corrected chi connectivity index (χ0v) is 23.4. The number of hydrogen-bond acceptors (Lipinski definition) is 5. The topological polar surface area (TPSA) is 89.9 Å². The van der Waals surface area contributed by atoms with Gasteiger partial charge in [0.2, 0.25) is 0 Å². The van der Waals surface area contributed by atoms with Crippen LogP contribution in [0.4, 0.5) is 0 Å². The highest BCUT2D eigenvalue weighted by Crippen LogP contribution is 2.27. The van der Waals surface area contributed by atoms with Gasteiger partial charge in [0.1, 0.15) is 12.2 Å². The van der Waals surface area contributed by atoms with E-state index in [-0.39, 0.29) is 25.0 Å². The first-order valence-corrected chi connectivity index (χ1v) is 13.8. The molecule has 1 unspecified atom stereocenters. The summed E-state index contributed by atoms with van der Waals surface area (Å²) in [5.41, 5.74) is 2.69. The second kappa shape index (κ2) is 16.0. The highest BCUT2D eigenvalue weighted by Gasteiger charge is 2.31. The summed E-state index contributed by atoms with van der Waals surface area (Å²) < 4.78 is 11.4. The molecule has 0 heterocycles. The fourth-order valence-corrected chi connectivity index (χ4v) is 4.41. The number of carbonyl (C=O) groups is 3. The molecule has 0 aliphatic rings. The maximum atomic E-state index is 13.3. The van der Waals surface area contributed by atoms with Crippen LogP contribution in [0, 0.1) is 11.8 Å². The molecule has 0 radical (unpaired) electrons. The second-order valence-corrected chi connectivity index (χ2v) is 11.0. The van der Waals surface area contributed by atoms with Crippen molar-refractivity contribution in [2.75, 3.05) is 0 Å². The molecule has 0 aromatic heterocycles. The number of carbonyl (C=O) groups excluding carboxylic acids is 2. The van der Waals surface area contributed by atoms with Crippen molar-refractivity contribution in [3.63, 3.8) is 0 Å². The van der Waals surface area contributed by atoms with Crippen LogP contribution in [-0.4, -0.2) is 28.6 Å². The van der Waals surface area contributed by atoms with Crippen LogP contribution in [0.5, 0.6) is 0 Å². The van der Waals surface area contributed by atoms with Gasteiger partial charge in [-0.2, -0.15) is 0 Å². The molecule has 2 aromatic rings. The van der Waals surface area contributed by atoms with Crippen molar-refractivity contribution in [1.29, 1.82) is 0 Å². The SMILES string of the molecule is CCCc1ccc(CC[C@H](CC(CCCCC(=O)O)C(=O)OC(C)(C)C)C(=O)OCc2ccccc2)cc1. The maximum absolute atomic E-state index is 13.3. The lowest BCUT2D eigenvalue weighted by atomic mass is 9.86. The molecule has 2 rings (SSSR count). The molecule has 0 amide bonds. The third kappa shape index (κ3) is 12.4. The van der Waals surface area contributed by atoms with Crippen molar-refractivity contribution < 1.29 is 29.0 Å². The van der Waals surface area contributed by atoms with Gasteiger partial charge in [-0.25, -0.2) is 0 Å². The molecule has 2 atom stereocenters. The summed E-state index contributed by atoms with van der Waals surface area (Å²) in [5.74, 6) is -2.52. The van der Waals surface area contributed by atoms with Crippen LogP contribution in [0.3, 0.4) is 0 Å². The van der Waals surface area contributed by atoms with E-state index in [9.17, 15) is 14.4 Å². The molecule has 208 valence electrons. The summed E-state index contributed by atoms with van der Waals surface area (Å²) in [6.07, 6.45) is 5.24. The minimum absolute atomic E-state index is 0.0532. The molecule has 0 bridgehead atoms. The van der Waals surface area contributed by atoms with E-state index in [4.69, 9.17) is 14.6 Å². The van der Waals surface area contributed by atoms with Crippen LogP contribution in [0.15, 0.2) is 54.6 Å². The van der Waals surface area contributed by atoms with E-state index in [1.165, 1.54) is 5.56 Å². The number of ether oxygens (including phenoxy) is 2. The first-order valence-electron chi connectivity index (χ1n) is 13.8. The molecule has 6 nitrogen and oxygen atoms in total. The van der Waals surface area contributed by atoms with Gasteiger partial charge in [0.05, 0.1) is 11.8 Å². The highest BCUT2D eigenvalue weighted by molar-refractivity contribution is 5.76. The average Bonchev–Trinajstić information content (AvgIpc) is 2.86. The van der Waals surface area contributed by atoms with E-state index in [2.05, 4.69) is 31.2 Å². The van der Waals surface area contributed by atoms with Gasteiger partial charge in [-0.3, -0.25) is 14.4 Å². The molecular weight excluding hydrogens is 480 g/mol. The normalized spacial score (nSPS) is 12.9. The van der Waals surface area contributed by atoms with Gasteiger partial charge in [0, 0.05) is 6.42 Å². The number of benzene rings is 2. The number of hydrogen-bond donors (Lipinski definition) is 1. The largest absolute Gasteiger partial charge is 0.481 e. The standard InChI is InChI=1S/C32H44O6/c1-5-11-24-16-18-25(19-17-24)20-21-28(30(35)37-23-26-12-7-6-8-13-26)22-27(14-9-10-15-29(33)34)31(36)38-32(2,3)4/h6-8,12-13,16-19,27-28H,5,9-11,14-15,20-23H2,1-4H3,(H,33,34)/t27?,28-/m1/s1. The minimum Gasteiger partial charge on any atom is -0.481 e. The Morgan fingerprint density at radius 1 is 0.789 bits per heavy atom. The number of aryl methyl sites for hydroxylation is 2. The van der Waals surface area contributed by atoms with Crippen LogP contribution in [0.1, 0.15) is 89.3 Å². The van der Waals surface area contributed by atoms with Crippen molar-refractivity contribution in [1.82, 2.24) is 0 Å². The smallest absolute Gasteiger partial charge is 0.309 e. The third-order valence-electron chi connectivity index (χ3n) is 6.40. The van der Waals surface area contributed by atoms with Gasteiger partial charge in [0.15, 0.2) is 0 Å². The predicted molar refractivity (Wildman–Crippen MR) is 149 cm³/mol. The Bertz CT molecular complexity index is 991. The lowest BCUT2D eigenvalue weighted by Crippen LogP contribution is -2.31. The monoisotopic (exact) mass is 524 g/mol. The summed E-state index contributed by atoms with van der Waals surface area (Å²) in [6.45, 7) is 7.79. The average molecular weight is 525 g/mol. The van der Waals surface area contributed by atoms with Crippen molar-refractivity contribution in [2.24, 2.45) is 11.8 Å². The van der Waals surface area contributed by atoms with Gasteiger partial charge >= 0.3 is 17.9 Å². The number of unbranched alkanes of at least 4 members (excludes halogenated alkanes) is 1. The Morgan fingerprint density at radius 2 is 1.39 bits per heavy atom. The minimum atomic E-state index is -0.855. The summed E-state index contributed by atoms with van der Waals surface area (Å²) >= 11 is 0. The van der Waals surface area contributed by atoms with Crippen molar-refractivity contribution in [2.45, 2.75) is 97.7 Å². The van der Waals surface area contributed by atoms with Crippen molar-refractivity contribution in [3.05, 3.63) is 71.3 Å². The fraction of sp³-hybridized carbons (Fsp3) is 0.531. The molecule has 0 saturated heterocycles. The van der Waals surface area contributed by atoms with Crippen molar-refractivity contribution >= 4 is 17.9 Å². The predicted octanol–water partition coefficient (Wildman–Crippen LogP) is 6.92. The molecule has 0 aliphatic carbocycles. The molecule has 2 aromatic carbocycles. The van der Waals surface area contributed by atoms with E-state index >= 15 is 0 Å². The number of esters is 2. The van der Waals surface area contributed by atoms with Gasteiger partial charge in [-0.05, 0) is 76.0 Å². The lowest BCUT2D eigenvalue weighted by molar-refractivity contribution is -0.162. The maximum Gasteiger partial charge on any atom is 0.309 e. The van der Waals surface area contributed by atoms with Crippen LogP contribution < -0.4 is 0 Å². The number of aliphatic carboxylic acids is 1. The zero-order chi connectivity index (χ0) is 28.0. The quantitative estimate of drug-likeness (QED) is 0.189. The number of rotatable bonds is 16. The van der Waals surface area contributed by atoms with E-state index in [0.29, 0.717) is 38.5 Å². The zero-order valence-electron chi connectivity index (χ0n) is 23.4. The molecule has 6 heteroatoms. The van der Waals surface area contributed by atoms with E-state index in [1.807, 2.05) is 51.1 Å². The van der Waals surface area contributed by atoms with Crippen molar-refractivity contribution in [3.8, 4) is 0 Å². The Morgan fingerprint density at radius 3 is 1.97 bits per heavy atom. The third-order valence-corrected chi connectivity index (χ3v) is 6.40. The van der Waals surface area contributed by atoms with Gasteiger partial charge in [-0.1, -0.05) is 74.4 Å². The van der Waals surface area contributed by atoms with Gasteiger partial charge < -0.3 is 14.6 Å². The van der Waals surface area contributed by atoms with Gasteiger partial charge in [0.25, 0.3) is 0 Å². The molecule has 0 aliphatic heterocycles. The fourth-order valence-electron chi connectivity index (χ4n) is 4.41. The summed E-state index contributed by atoms with van der Waals surface area (Å²) in [6, 6.07) is 18.0. The molecule has 0 saturated carbocycles. The molecule has 38 heavy (non-hydrogen) atoms. The van der Waals surface area contributed by atoms with Crippen LogP contribution >= 0.6 is 0 Å². The Balaban J connectivity index is 2.15. The lowest BCUT2D eigenvalue weighted by Gasteiger charge is -2.26. The summed E-state index contributed by atoms with van der Waals surface area (Å²) in [7, 11) is 0. The van der Waals surface area contributed by atoms with E-state index in [1.54, 1.807) is 0 Å². The Hall–Kier alpha value is -3.15. The molecule has 0 spiro atoms. The summed E-state index contributed by atoms with van der Waals surface area (Å²) in [4.78, 5) is 37.3. The molecule has 0 fully saturated rings.